The number of aromatic nitrogens is 3. The predicted molar refractivity (Wildman–Crippen MR) is 90.1 cm³/mol. The summed E-state index contributed by atoms with van der Waals surface area (Å²) in [6, 6.07) is 7.13. The van der Waals surface area contributed by atoms with Gasteiger partial charge in [-0.1, -0.05) is 0 Å². The lowest BCUT2D eigenvalue weighted by atomic mass is 10.3. The van der Waals surface area contributed by atoms with Crippen molar-refractivity contribution in [2.45, 2.75) is 4.90 Å². The van der Waals surface area contributed by atoms with Crippen molar-refractivity contribution in [1.29, 1.82) is 0 Å². The van der Waals surface area contributed by atoms with Gasteiger partial charge in [-0.2, -0.15) is 0 Å². The third-order valence-corrected chi connectivity index (χ3v) is 3.67. The summed E-state index contributed by atoms with van der Waals surface area (Å²) in [6.45, 7) is 0. The van der Waals surface area contributed by atoms with E-state index in [-0.39, 0.29) is 18.0 Å². The Morgan fingerprint density at radius 2 is 2.09 bits per heavy atom. The van der Waals surface area contributed by atoms with Crippen molar-refractivity contribution in [3.05, 3.63) is 47.0 Å². The maximum atomic E-state index is 11.3. The van der Waals surface area contributed by atoms with Crippen molar-refractivity contribution in [2.75, 3.05) is 12.0 Å². The summed E-state index contributed by atoms with van der Waals surface area (Å²) in [6.07, 6.45) is 4.71. The Bertz CT molecular complexity index is 869. The Hall–Kier alpha value is -2.25. The lowest BCUT2D eigenvalue weighted by molar-refractivity contribution is 0.485. The van der Waals surface area contributed by atoms with E-state index in [9.17, 15) is 4.79 Å². The highest BCUT2D eigenvalue weighted by Gasteiger charge is 2.08. The second-order valence-electron chi connectivity index (χ2n) is 4.26. The average Bonchev–Trinajstić information content (AvgIpc) is 2.49. The maximum Gasteiger partial charge on any atom is 0.268 e. The van der Waals surface area contributed by atoms with Crippen LogP contribution in [0.5, 0.6) is 11.5 Å². The SMILES string of the molecule is CSc1cc(Oc2ccnc3[nH]c(=O)cnc23)ccc1N.Cl. The van der Waals surface area contributed by atoms with E-state index in [1.165, 1.54) is 6.20 Å². The van der Waals surface area contributed by atoms with E-state index in [2.05, 4.69) is 15.0 Å². The summed E-state index contributed by atoms with van der Waals surface area (Å²) in [5.74, 6) is 1.17. The smallest absolute Gasteiger partial charge is 0.268 e. The van der Waals surface area contributed by atoms with Crippen LogP contribution < -0.4 is 16.0 Å². The van der Waals surface area contributed by atoms with E-state index in [4.69, 9.17) is 10.5 Å². The highest BCUT2D eigenvalue weighted by molar-refractivity contribution is 7.98. The first-order chi connectivity index (χ1) is 10.2. The number of pyridine rings is 1. The number of hydrogen-bond donors (Lipinski definition) is 2. The minimum Gasteiger partial charge on any atom is -0.455 e. The number of ether oxygens (including phenoxy) is 1. The van der Waals surface area contributed by atoms with Crippen molar-refractivity contribution in [2.24, 2.45) is 0 Å². The second-order valence-corrected chi connectivity index (χ2v) is 5.11. The first kappa shape index (κ1) is 16.1. The number of fused-ring (bicyclic) bond motifs is 1. The zero-order valence-corrected chi connectivity index (χ0v) is 13.2. The summed E-state index contributed by atoms with van der Waals surface area (Å²) in [7, 11) is 0. The average molecular weight is 337 g/mol. The van der Waals surface area contributed by atoms with Gasteiger partial charge in [-0.15, -0.1) is 24.2 Å². The van der Waals surface area contributed by atoms with Crippen molar-refractivity contribution in [1.82, 2.24) is 15.0 Å². The normalized spacial score (nSPS) is 10.2. The van der Waals surface area contributed by atoms with Gasteiger partial charge in [-0.3, -0.25) is 4.79 Å². The first-order valence-electron chi connectivity index (χ1n) is 6.13. The molecule has 114 valence electrons. The number of nitrogens with two attached hydrogens (primary N) is 1. The molecule has 0 unspecified atom stereocenters. The quantitative estimate of drug-likeness (QED) is 0.564. The number of nitrogens with zero attached hydrogens (tertiary/aromatic N) is 2. The Morgan fingerprint density at radius 1 is 1.27 bits per heavy atom. The number of halogens is 1. The standard InChI is InChI=1S/C14H12N4O2S.ClH/c1-21-11-6-8(2-3-9(11)15)20-10-4-5-16-14-13(10)17-7-12(19)18-14;/h2-7H,15H2,1H3,(H,16,18,19);1H. The van der Waals surface area contributed by atoms with Gasteiger partial charge in [0.2, 0.25) is 0 Å². The summed E-state index contributed by atoms with van der Waals surface area (Å²) < 4.78 is 5.84. The van der Waals surface area contributed by atoms with Crippen LogP contribution in [0.15, 0.2) is 46.3 Å². The fraction of sp³-hybridized carbons (Fsp3) is 0.0714. The monoisotopic (exact) mass is 336 g/mol. The van der Waals surface area contributed by atoms with Crippen LogP contribution in [0, 0.1) is 0 Å². The fourth-order valence-electron chi connectivity index (χ4n) is 1.89. The van der Waals surface area contributed by atoms with Gasteiger partial charge in [-0.25, -0.2) is 9.97 Å². The van der Waals surface area contributed by atoms with Gasteiger partial charge in [0.05, 0.1) is 6.20 Å². The minimum atomic E-state index is -0.302. The molecule has 2 aromatic heterocycles. The fourth-order valence-corrected chi connectivity index (χ4v) is 2.43. The van der Waals surface area contributed by atoms with Crippen LogP contribution in [-0.4, -0.2) is 21.2 Å². The third kappa shape index (κ3) is 3.15. The first-order valence-corrected chi connectivity index (χ1v) is 7.35. The third-order valence-electron chi connectivity index (χ3n) is 2.87. The Labute approximate surface area is 136 Å². The molecule has 0 amide bonds. The van der Waals surface area contributed by atoms with Crippen molar-refractivity contribution >= 4 is 41.0 Å². The Morgan fingerprint density at radius 3 is 2.86 bits per heavy atom. The molecule has 2 heterocycles. The molecule has 0 radical (unpaired) electrons. The molecule has 8 heteroatoms. The zero-order chi connectivity index (χ0) is 14.8. The summed E-state index contributed by atoms with van der Waals surface area (Å²) in [5, 5.41) is 0. The van der Waals surface area contributed by atoms with Gasteiger partial charge < -0.3 is 15.5 Å². The maximum absolute atomic E-state index is 11.3. The van der Waals surface area contributed by atoms with E-state index in [1.807, 2.05) is 12.3 Å². The molecule has 3 N–H and O–H groups in total. The number of thioether (sulfide) groups is 1. The predicted octanol–water partition coefficient (Wildman–Crippen LogP) is 2.84. The van der Waals surface area contributed by atoms with Crippen molar-refractivity contribution < 1.29 is 4.74 Å². The van der Waals surface area contributed by atoms with Crippen molar-refractivity contribution in [3.63, 3.8) is 0 Å². The number of nitrogen functional groups attached to an aromatic ring is 1. The largest absolute Gasteiger partial charge is 0.455 e. The topological polar surface area (TPSA) is 93.9 Å². The van der Waals surface area contributed by atoms with E-state index < -0.39 is 0 Å². The van der Waals surface area contributed by atoms with Crippen LogP contribution >= 0.6 is 24.2 Å². The molecule has 0 fully saturated rings. The van der Waals surface area contributed by atoms with Crippen LogP contribution in [0.4, 0.5) is 5.69 Å². The molecule has 3 aromatic rings. The van der Waals surface area contributed by atoms with Crippen molar-refractivity contribution in [3.8, 4) is 11.5 Å². The van der Waals surface area contributed by atoms with Gasteiger partial charge in [-0.05, 0) is 24.5 Å². The van der Waals surface area contributed by atoms with Crippen LogP contribution in [-0.2, 0) is 0 Å². The summed E-state index contributed by atoms with van der Waals surface area (Å²) in [4.78, 5) is 23.0. The van der Waals surface area contributed by atoms with Gasteiger partial charge in [0.25, 0.3) is 5.56 Å². The lowest BCUT2D eigenvalue weighted by Crippen LogP contribution is -2.06. The van der Waals surface area contributed by atoms with E-state index >= 15 is 0 Å². The molecule has 6 nitrogen and oxygen atoms in total. The van der Waals surface area contributed by atoms with Crippen LogP contribution in [0.25, 0.3) is 11.2 Å². The Balaban J connectivity index is 0.00000176. The molecule has 0 aliphatic carbocycles. The minimum absolute atomic E-state index is 0. The summed E-state index contributed by atoms with van der Waals surface area (Å²) >= 11 is 1.55. The van der Waals surface area contributed by atoms with Gasteiger partial charge in [0.1, 0.15) is 11.3 Å². The molecule has 1 aromatic carbocycles. The highest BCUT2D eigenvalue weighted by Crippen LogP contribution is 2.31. The second kappa shape index (κ2) is 6.67. The molecule has 0 saturated carbocycles. The number of hydrogen-bond acceptors (Lipinski definition) is 6. The van der Waals surface area contributed by atoms with Crippen LogP contribution in [0.1, 0.15) is 0 Å². The van der Waals surface area contributed by atoms with E-state index in [1.54, 1.807) is 36.2 Å². The van der Waals surface area contributed by atoms with E-state index in [0.717, 1.165) is 4.90 Å². The molecular formula is C14H13ClN4O2S. The molecule has 22 heavy (non-hydrogen) atoms. The lowest BCUT2D eigenvalue weighted by Gasteiger charge is -2.09. The number of H-pyrrole nitrogens is 1. The molecule has 3 rings (SSSR count). The van der Waals surface area contributed by atoms with Gasteiger partial charge in [0.15, 0.2) is 11.4 Å². The highest BCUT2D eigenvalue weighted by atomic mass is 35.5. The zero-order valence-electron chi connectivity index (χ0n) is 11.6. The number of aromatic amines is 1. The van der Waals surface area contributed by atoms with Crippen LogP contribution in [0.3, 0.4) is 0 Å². The van der Waals surface area contributed by atoms with Crippen LogP contribution in [0.2, 0.25) is 0 Å². The van der Waals surface area contributed by atoms with E-state index in [0.29, 0.717) is 28.4 Å². The number of nitrogens with one attached hydrogen (secondary N) is 1. The van der Waals surface area contributed by atoms with Gasteiger partial charge in [0, 0.05) is 22.8 Å². The molecule has 0 spiro atoms. The molecule has 0 aliphatic heterocycles. The summed E-state index contributed by atoms with van der Waals surface area (Å²) in [5.41, 5.74) is 7.15. The Kier molecular flexibility index (Phi) is 4.89. The number of rotatable bonds is 3. The van der Waals surface area contributed by atoms with Gasteiger partial charge >= 0.3 is 0 Å². The number of anilines is 1. The molecule has 0 atom stereocenters. The molecule has 0 aliphatic rings. The molecule has 0 saturated heterocycles. The molecular weight excluding hydrogens is 324 g/mol. The molecule has 0 bridgehead atoms. The number of benzene rings is 1.